The molecule has 8 heteroatoms. The summed E-state index contributed by atoms with van der Waals surface area (Å²) in [6.07, 6.45) is 4.57. The standard InChI is InChI=1S/C21H32N4O3S/c1-15-11-23(12-16(2)28-15)13-17-5-8-24(9-6-17)20(27)10-18-14-29-21(22-18)25-7-3-4-19(25)26/h14-17H,3-13H2,1-2H3. The summed E-state index contributed by atoms with van der Waals surface area (Å²) in [6.45, 7) is 9.83. The van der Waals surface area contributed by atoms with Gasteiger partial charge in [-0.15, -0.1) is 11.3 Å². The predicted octanol–water partition coefficient (Wildman–Crippen LogP) is 2.16. The van der Waals surface area contributed by atoms with Gasteiger partial charge in [0, 0.05) is 51.1 Å². The molecule has 0 saturated carbocycles. The molecule has 3 fully saturated rings. The number of morpholine rings is 1. The first-order chi connectivity index (χ1) is 14.0. The van der Waals surface area contributed by atoms with Crippen molar-refractivity contribution in [3.8, 4) is 0 Å². The third kappa shape index (κ3) is 5.16. The van der Waals surface area contributed by atoms with Crippen molar-refractivity contribution in [1.82, 2.24) is 14.8 Å². The van der Waals surface area contributed by atoms with E-state index in [2.05, 4.69) is 23.7 Å². The summed E-state index contributed by atoms with van der Waals surface area (Å²) in [7, 11) is 0. The second-order valence-corrected chi connectivity index (χ2v) is 9.58. The van der Waals surface area contributed by atoms with Gasteiger partial charge in [-0.3, -0.25) is 19.4 Å². The minimum atomic E-state index is 0.142. The highest BCUT2D eigenvalue weighted by Crippen LogP contribution is 2.26. The maximum absolute atomic E-state index is 12.7. The summed E-state index contributed by atoms with van der Waals surface area (Å²) in [4.78, 5) is 35.4. The van der Waals surface area contributed by atoms with Gasteiger partial charge >= 0.3 is 0 Å². The fraction of sp³-hybridized carbons (Fsp3) is 0.762. The monoisotopic (exact) mass is 420 g/mol. The number of anilines is 1. The van der Waals surface area contributed by atoms with Crippen molar-refractivity contribution in [3.63, 3.8) is 0 Å². The topological polar surface area (TPSA) is 66.0 Å². The molecule has 4 rings (SSSR count). The van der Waals surface area contributed by atoms with Crippen LogP contribution in [0, 0.1) is 5.92 Å². The van der Waals surface area contributed by atoms with Crippen molar-refractivity contribution in [2.45, 2.75) is 58.2 Å². The van der Waals surface area contributed by atoms with Crippen molar-refractivity contribution >= 4 is 28.3 Å². The summed E-state index contributed by atoms with van der Waals surface area (Å²) in [5.41, 5.74) is 0.785. The molecule has 160 valence electrons. The minimum Gasteiger partial charge on any atom is -0.373 e. The molecule has 2 amide bonds. The normalized spacial score (nSPS) is 27.0. The molecule has 3 saturated heterocycles. The minimum absolute atomic E-state index is 0.142. The van der Waals surface area contributed by atoms with E-state index < -0.39 is 0 Å². The van der Waals surface area contributed by atoms with E-state index in [1.165, 1.54) is 11.3 Å². The van der Waals surface area contributed by atoms with Crippen LogP contribution in [0.3, 0.4) is 0 Å². The molecule has 0 N–H and O–H groups in total. The van der Waals surface area contributed by atoms with Gasteiger partial charge in [0.25, 0.3) is 0 Å². The molecule has 2 unspecified atom stereocenters. The number of ether oxygens (including phenoxy) is 1. The Kier molecular flexibility index (Phi) is 6.51. The fourth-order valence-electron chi connectivity index (χ4n) is 4.78. The summed E-state index contributed by atoms with van der Waals surface area (Å²) < 4.78 is 5.83. The molecule has 2 atom stereocenters. The largest absolute Gasteiger partial charge is 0.373 e. The van der Waals surface area contributed by atoms with E-state index >= 15 is 0 Å². The third-order valence-corrected chi connectivity index (χ3v) is 7.07. The molecular formula is C21H32N4O3S. The van der Waals surface area contributed by atoms with Crippen molar-refractivity contribution < 1.29 is 14.3 Å². The zero-order chi connectivity index (χ0) is 20.4. The van der Waals surface area contributed by atoms with Crippen molar-refractivity contribution in [3.05, 3.63) is 11.1 Å². The number of nitrogens with zero attached hydrogens (tertiary/aromatic N) is 4. The van der Waals surface area contributed by atoms with Crippen LogP contribution in [0.25, 0.3) is 0 Å². The highest BCUT2D eigenvalue weighted by Gasteiger charge is 2.29. The Hall–Kier alpha value is -1.51. The van der Waals surface area contributed by atoms with Gasteiger partial charge in [-0.25, -0.2) is 4.98 Å². The van der Waals surface area contributed by atoms with E-state index in [4.69, 9.17) is 4.74 Å². The van der Waals surface area contributed by atoms with Gasteiger partial charge in [0.1, 0.15) is 0 Å². The van der Waals surface area contributed by atoms with Crippen molar-refractivity contribution in [2.75, 3.05) is 44.2 Å². The number of hydrogen-bond acceptors (Lipinski definition) is 6. The quantitative estimate of drug-likeness (QED) is 0.730. The molecule has 0 bridgehead atoms. The summed E-state index contributed by atoms with van der Waals surface area (Å²) in [5.74, 6) is 0.952. The molecule has 0 aromatic carbocycles. The zero-order valence-corrected chi connectivity index (χ0v) is 18.3. The number of thiazole rings is 1. The molecular weight excluding hydrogens is 388 g/mol. The van der Waals surface area contributed by atoms with Crippen LogP contribution in [0.2, 0.25) is 0 Å². The smallest absolute Gasteiger partial charge is 0.228 e. The highest BCUT2D eigenvalue weighted by molar-refractivity contribution is 7.14. The molecule has 3 aliphatic rings. The number of hydrogen-bond donors (Lipinski definition) is 0. The second-order valence-electron chi connectivity index (χ2n) is 8.75. The lowest BCUT2D eigenvalue weighted by Crippen LogP contribution is -2.48. The molecule has 1 aromatic heterocycles. The molecule has 1 aromatic rings. The molecule has 7 nitrogen and oxygen atoms in total. The number of piperidine rings is 1. The Bertz CT molecular complexity index is 721. The SMILES string of the molecule is CC1CN(CC2CCN(C(=O)Cc3csc(N4CCCC4=O)n3)CC2)CC(C)O1. The number of rotatable bonds is 5. The third-order valence-electron chi connectivity index (χ3n) is 6.16. The molecule has 0 radical (unpaired) electrons. The summed E-state index contributed by atoms with van der Waals surface area (Å²) in [6, 6.07) is 0. The summed E-state index contributed by atoms with van der Waals surface area (Å²) >= 11 is 1.47. The Labute approximate surface area is 177 Å². The lowest BCUT2D eigenvalue weighted by atomic mass is 9.95. The number of aromatic nitrogens is 1. The molecule has 0 spiro atoms. The van der Waals surface area contributed by atoms with Crippen LogP contribution in [0.1, 0.15) is 45.2 Å². The van der Waals surface area contributed by atoms with E-state index in [9.17, 15) is 9.59 Å². The lowest BCUT2D eigenvalue weighted by molar-refractivity contribution is -0.132. The fourth-order valence-corrected chi connectivity index (χ4v) is 5.65. The van der Waals surface area contributed by atoms with Crippen LogP contribution < -0.4 is 4.90 Å². The van der Waals surface area contributed by atoms with Gasteiger partial charge in [-0.1, -0.05) is 0 Å². The predicted molar refractivity (Wildman–Crippen MR) is 113 cm³/mol. The first-order valence-corrected chi connectivity index (χ1v) is 11.8. The van der Waals surface area contributed by atoms with Crippen LogP contribution in [0.4, 0.5) is 5.13 Å². The average molecular weight is 421 g/mol. The number of likely N-dealkylation sites (tertiary alicyclic amines) is 1. The van der Waals surface area contributed by atoms with E-state index in [1.54, 1.807) is 4.90 Å². The van der Waals surface area contributed by atoms with E-state index in [-0.39, 0.29) is 11.8 Å². The van der Waals surface area contributed by atoms with Crippen LogP contribution in [0.5, 0.6) is 0 Å². The Morgan fingerprint density at radius 2 is 1.93 bits per heavy atom. The number of carbonyl (C=O) groups excluding carboxylic acids is 2. The first kappa shape index (κ1) is 20.8. The van der Waals surface area contributed by atoms with Crippen LogP contribution in [-0.4, -0.2) is 78.1 Å². The maximum atomic E-state index is 12.7. The summed E-state index contributed by atoms with van der Waals surface area (Å²) in [5, 5.41) is 2.66. The Morgan fingerprint density at radius 3 is 2.59 bits per heavy atom. The lowest BCUT2D eigenvalue weighted by Gasteiger charge is -2.39. The number of carbonyl (C=O) groups is 2. The van der Waals surface area contributed by atoms with Gasteiger partial charge in [0.2, 0.25) is 11.8 Å². The van der Waals surface area contributed by atoms with Gasteiger partial charge in [-0.05, 0) is 39.0 Å². The molecule has 29 heavy (non-hydrogen) atoms. The van der Waals surface area contributed by atoms with Gasteiger partial charge in [-0.2, -0.15) is 0 Å². The Balaban J connectivity index is 1.23. The van der Waals surface area contributed by atoms with Gasteiger partial charge in [0.15, 0.2) is 5.13 Å². The van der Waals surface area contributed by atoms with E-state index in [0.29, 0.717) is 31.0 Å². The van der Waals surface area contributed by atoms with Gasteiger partial charge in [0.05, 0.1) is 24.3 Å². The van der Waals surface area contributed by atoms with Crippen molar-refractivity contribution in [2.24, 2.45) is 5.92 Å². The van der Waals surface area contributed by atoms with E-state index in [0.717, 1.165) is 69.4 Å². The zero-order valence-electron chi connectivity index (χ0n) is 17.5. The number of amides is 2. The highest BCUT2D eigenvalue weighted by atomic mass is 32.1. The molecule has 3 aliphatic heterocycles. The van der Waals surface area contributed by atoms with E-state index in [1.807, 2.05) is 10.3 Å². The first-order valence-electron chi connectivity index (χ1n) is 10.9. The van der Waals surface area contributed by atoms with Gasteiger partial charge < -0.3 is 9.64 Å². The second kappa shape index (κ2) is 9.10. The molecule has 0 aliphatic carbocycles. The molecule has 4 heterocycles. The Morgan fingerprint density at radius 1 is 1.21 bits per heavy atom. The van der Waals surface area contributed by atoms with Crippen LogP contribution in [-0.2, 0) is 20.7 Å². The van der Waals surface area contributed by atoms with Crippen LogP contribution in [0.15, 0.2) is 5.38 Å². The van der Waals surface area contributed by atoms with Crippen LogP contribution >= 0.6 is 11.3 Å². The maximum Gasteiger partial charge on any atom is 0.228 e. The van der Waals surface area contributed by atoms with Crippen molar-refractivity contribution in [1.29, 1.82) is 0 Å². The average Bonchev–Trinajstić information content (AvgIpc) is 3.30.